The lowest BCUT2D eigenvalue weighted by molar-refractivity contribution is -0.126. The molecule has 0 aromatic carbocycles. The molecule has 0 aliphatic carbocycles. The van der Waals surface area contributed by atoms with Gasteiger partial charge in [0.05, 0.1) is 13.1 Å². The number of rotatable bonds is 4. The number of carbonyl (C=O) groups excluding carboxylic acids is 2. The fourth-order valence-electron chi connectivity index (χ4n) is 0.864. The lowest BCUT2D eigenvalue weighted by Crippen LogP contribution is -2.46. The lowest BCUT2D eigenvalue weighted by Gasteiger charge is -2.20. The van der Waals surface area contributed by atoms with Crippen molar-refractivity contribution in [2.75, 3.05) is 20.1 Å². The zero-order chi connectivity index (χ0) is 11.2. The fourth-order valence-corrected chi connectivity index (χ4v) is 0.864. The monoisotopic (exact) mass is 201 g/mol. The Kier molecular flexibility index (Phi) is 5.15. The van der Waals surface area contributed by atoms with E-state index < -0.39 is 0 Å². The highest BCUT2D eigenvalue weighted by atomic mass is 16.2. The van der Waals surface area contributed by atoms with Crippen LogP contribution in [0.4, 0.5) is 0 Å². The molecular formula is C9H19N3O2. The van der Waals surface area contributed by atoms with E-state index in [0.29, 0.717) is 0 Å². The smallest absolute Gasteiger partial charge is 0.239 e. The number of nitrogens with one attached hydrogen (secondary N) is 3. The molecule has 0 aromatic heterocycles. The normalized spacial score (nSPS) is 10.9. The van der Waals surface area contributed by atoms with Crippen molar-refractivity contribution in [2.24, 2.45) is 0 Å². The van der Waals surface area contributed by atoms with E-state index in [4.69, 9.17) is 0 Å². The second kappa shape index (κ2) is 5.59. The van der Waals surface area contributed by atoms with E-state index in [9.17, 15) is 9.59 Å². The van der Waals surface area contributed by atoms with E-state index in [1.54, 1.807) is 7.05 Å². The van der Waals surface area contributed by atoms with Gasteiger partial charge in [-0.3, -0.25) is 9.59 Å². The Morgan fingerprint density at radius 3 is 2.07 bits per heavy atom. The number of hydrogen-bond donors (Lipinski definition) is 3. The van der Waals surface area contributed by atoms with Crippen molar-refractivity contribution >= 4 is 11.8 Å². The first-order valence-corrected chi connectivity index (χ1v) is 4.57. The minimum atomic E-state index is -0.259. The molecule has 0 unspecified atom stereocenters. The van der Waals surface area contributed by atoms with Crippen molar-refractivity contribution in [2.45, 2.75) is 26.3 Å². The van der Waals surface area contributed by atoms with Crippen molar-refractivity contribution in [3.63, 3.8) is 0 Å². The van der Waals surface area contributed by atoms with Gasteiger partial charge in [0.2, 0.25) is 11.8 Å². The van der Waals surface area contributed by atoms with E-state index in [1.165, 1.54) is 0 Å². The van der Waals surface area contributed by atoms with E-state index in [0.717, 1.165) is 0 Å². The summed E-state index contributed by atoms with van der Waals surface area (Å²) >= 11 is 0. The van der Waals surface area contributed by atoms with Gasteiger partial charge in [-0.1, -0.05) is 0 Å². The van der Waals surface area contributed by atoms with E-state index in [2.05, 4.69) is 16.0 Å². The number of amides is 2. The Morgan fingerprint density at radius 1 is 1.07 bits per heavy atom. The van der Waals surface area contributed by atoms with Crippen LogP contribution in [0.3, 0.4) is 0 Å². The molecule has 82 valence electrons. The van der Waals surface area contributed by atoms with Crippen LogP contribution in [0.15, 0.2) is 0 Å². The molecule has 0 aliphatic heterocycles. The molecule has 0 rings (SSSR count). The molecule has 0 bridgehead atoms. The first kappa shape index (κ1) is 12.9. The quantitative estimate of drug-likeness (QED) is 0.560. The van der Waals surface area contributed by atoms with Gasteiger partial charge in [0.15, 0.2) is 0 Å². The van der Waals surface area contributed by atoms with Crippen LogP contribution in [0.25, 0.3) is 0 Å². The van der Waals surface area contributed by atoms with Gasteiger partial charge in [-0.15, -0.1) is 0 Å². The van der Waals surface area contributed by atoms with Crippen LogP contribution in [0.1, 0.15) is 20.8 Å². The zero-order valence-corrected chi connectivity index (χ0v) is 9.23. The summed E-state index contributed by atoms with van der Waals surface area (Å²) in [6.45, 7) is 5.92. The fraction of sp³-hybridized carbons (Fsp3) is 0.778. The van der Waals surface area contributed by atoms with Crippen LogP contribution in [0.2, 0.25) is 0 Å². The summed E-state index contributed by atoms with van der Waals surface area (Å²) in [5.74, 6) is -0.362. The van der Waals surface area contributed by atoms with Crippen molar-refractivity contribution in [1.82, 2.24) is 16.0 Å². The summed E-state index contributed by atoms with van der Waals surface area (Å²) < 4.78 is 0. The maximum Gasteiger partial charge on any atom is 0.239 e. The predicted molar refractivity (Wildman–Crippen MR) is 54.8 cm³/mol. The number of hydrogen-bond acceptors (Lipinski definition) is 3. The Balaban J connectivity index is 3.70. The molecule has 5 heteroatoms. The largest absolute Gasteiger partial charge is 0.350 e. The van der Waals surface area contributed by atoms with E-state index >= 15 is 0 Å². The Morgan fingerprint density at radius 2 is 1.64 bits per heavy atom. The molecule has 0 atom stereocenters. The molecule has 0 radical (unpaired) electrons. The third kappa shape index (κ3) is 7.54. The SMILES string of the molecule is CNCC(=O)NCC(=O)NC(C)(C)C. The molecule has 0 fully saturated rings. The molecule has 14 heavy (non-hydrogen) atoms. The van der Waals surface area contributed by atoms with Gasteiger partial charge in [-0.2, -0.15) is 0 Å². The molecule has 0 aromatic rings. The Hall–Kier alpha value is -1.10. The predicted octanol–water partition coefficient (Wildman–Crippen LogP) is -0.763. The molecule has 5 nitrogen and oxygen atoms in total. The maximum atomic E-state index is 11.2. The standard InChI is InChI=1S/C9H19N3O2/c1-9(2,3)12-8(14)6-11-7(13)5-10-4/h10H,5-6H2,1-4H3,(H,11,13)(H,12,14). The highest BCUT2D eigenvalue weighted by Crippen LogP contribution is 1.96. The minimum absolute atomic E-state index is 0.0256. The second-order valence-corrected chi connectivity index (χ2v) is 4.11. The third-order valence-electron chi connectivity index (χ3n) is 1.30. The lowest BCUT2D eigenvalue weighted by atomic mass is 10.1. The van der Waals surface area contributed by atoms with Gasteiger partial charge in [0.1, 0.15) is 0 Å². The number of likely N-dealkylation sites (N-methyl/N-ethyl adjacent to an activating group) is 1. The van der Waals surface area contributed by atoms with E-state index in [1.807, 2.05) is 20.8 Å². The van der Waals surface area contributed by atoms with Gasteiger partial charge in [0, 0.05) is 5.54 Å². The van der Waals surface area contributed by atoms with Gasteiger partial charge in [0.25, 0.3) is 0 Å². The molecule has 0 spiro atoms. The summed E-state index contributed by atoms with van der Waals surface area (Å²) in [6, 6.07) is 0. The summed E-state index contributed by atoms with van der Waals surface area (Å²) in [5.41, 5.74) is -0.259. The first-order valence-electron chi connectivity index (χ1n) is 4.57. The van der Waals surface area contributed by atoms with Crippen LogP contribution in [0.5, 0.6) is 0 Å². The second-order valence-electron chi connectivity index (χ2n) is 4.11. The molecular weight excluding hydrogens is 182 g/mol. The minimum Gasteiger partial charge on any atom is -0.350 e. The summed E-state index contributed by atoms with van der Waals surface area (Å²) in [6.07, 6.45) is 0. The summed E-state index contributed by atoms with van der Waals surface area (Å²) in [7, 11) is 1.68. The van der Waals surface area contributed by atoms with Crippen molar-refractivity contribution < 1.29 is 9.59 Å². The van der Waals surface area contributed by atoms with Crippen molar-refractivity contribution in [3.8, 4) is 0 Å². The van der Waals surface area contributed by atoms with Gasteiger partial charge >= 0.3 is 0 Å². The third-order valence-corrected chi connectivity index (χ3v) is 1.30. The highest BCUT2D eigenvalue weighted by Gasteiger charge is 2.13. The molecule has 0 saturated carbocycles. The van der Waals surface area contributed by atoms with Crippen molar-refractivity contribution in [1.29, 1.82) is 0 Å². The van der Waals surface area contributed by atoms with Gasteiger partial charge < -0.3 is 16.0 Å². The number of carbonyl (C=O) groups is 2. The van der Waals surface area contributed by atoms with Crippen LogP contribution >= 0.6 is 0 Å². The van der Waals surface area contributed by atoms with E-state index in [-0.39, 0.29) is 30.4 Å². The molecule has 3 N–H and O–H groups in total. The van der Waals surface area contributed by atoms with Gasteiger partial charge in [-0.25, -0.2) is 0 Å². The molecule has 2 amide bonds. The van der Waals surface area contributed by atoms with Crippen LogP contribution in [-0.2, 0) is 9.59 Å². The average Bonchev–Trinajstić information content (AvgIpc) is 1.98. The zero-order valence-electron chi connectivity index (χ0n) is 9.23. The summed E-state index contributed by atoms with van der Waals surface area (Å²) in [5, 5.41) is 7.93. The molecule has 0 heterocycles. The van der Waals surface area contributed by atoms with Crippen LogP contribution in [-0.4, -0.2) is 37.5 Å². The van der Waals surface area contributed by atoms with Crippen molar-refractivity contribution in [3.05, 3.63) is 0 Å². The first-order chi connectivity index (χ1) is 6.35. The molecule has 0 aliphatic rings. The average molecular weight is 201 g/mol. The summed E-state index contributed by atoms with van der Waals surface area (Å²) in [4.78, 5) is 22.2. The van der Waals surface area contributed by atoms with Gasteiger partial charge in [-0.05, 0) is 27.8 Å². The van der Waals surface area contributed by atoms with Crippen LogP contribution < -0.4 is 16.0 Å². The Labute approximate surface area is 84.6 Å². The topological polar surface area (TPSA) is 70.2 Å². The molecule has 0 saturated heterocycles. The van der Waals surface area contributed by atoms with Crippen LogP contribution in [0, 0.1) is 0 Å². The highest BCUT2D eigenvalue weighted by molar-refractivity contribution is 5.85. The Bertz CT molecular complexity index is 209. The maximum absolute atomic E-state index is 11.2.